The molecule has 7 nitrogen and oxygen atoms in total. The third-order valence-electron chi connectivity index (χ3n) is 6.07. The molecule has 2 N–H and O–H groups in total. The highest BCUT2D eigenvalue weighted by Crippen LogP contribution is 2.32. The molecule has 7 heteroatoms. The van der Waals surface area contributed by atoms with E-state index in [-0.39, 0.29) is 5.75 Å². The number of hydrogen-bond donors (Lipinski definition) is 2. The Morgan fingerprint density at radius 1 is 1.11 bits per heavy atom. The second-order valence-electron chi connectivity index (χ2n) is 7.82. The van der Waals surface area contributed by atoms with E-state index < -0.39 is 0 Å². The van der Waals surface area contributed by atoms with Gasteiger partial charge in [-0.25, -0.2) is 4.98 Å². The number of benzene rings is 1. The monoisotopic (exact) mass is 376 g/mol. The van der Waals surface area contributed by atoms with Gasteiger partial charge in [-0.15, -0.1) is 10.2 Å². The second kappa shape index (κ2) is 6.91. The summed E-state index contributed by atoms with van der Waals surface area (Å²) in [6, 6.07) is 11.2. The number of piperidine rings is 1. The van der Waals surface area contributed by atoms with Crippen molar-refractivity contribution in [1.29, 1.82) is 0 Å². The lowest BCUT2D eigenvalue weighted by atomic mass is 9.98. The van der Waals surface area contributed by atoms with Gasteiger partial charge in [0.2, 0.25) is 0 Å². The highest BCUT2D eigenvalue weighted by molar-refractivity contribution is 5.69. The van der Waals surface area contributed by atoms with Crippen LogP contribution in [0.4, 0.5) is 5.82 Å². The normalized spacial score (nSPS) is 23.7. The fraction of sp³-hybridized carbons (Fsp3) is 0.381. The number of aromatic hydroxyl groups is 1. The summed E-state index contributed by atoms with van der Waals surface area (Å²) < 4.78 is 1.85. The molecule has 3 atom stereocenters. The number of hydrogen-bond acceptors (Lipinski definition) is 6. The van der Waals surface area contributed by atoms with E-state index >= 15 is 0 Å². The van der Waals surface area contributed by atoms with Gasteiger partial charge >= 0.3 is 0 Å². The average Bonchev–Trinajstić information content (AvgIpc) is 3.37. The predicted molar refractivity (Wildman–Crippen MR) is 108 cm³/mol. The minimum atomic E-state index is 0.177. The van der Waals surface area contributed by atoms with Gasteiger partial charge in [-0.3, -0.25) is 0 Å². The lowest BCUT2D eigenvalue weighted by Crippen LogP contribution is -2.47. The molecule has 28 heavy (non-hydrogen) atoms. The summed E-state index contributed by atoms with van der Waals surface area (Å²) in [6.07, 6.45) is 10.1. The molecule has 3 aromatic rings. The molecule has 0 amide bonds. The molecule has 2 aliphatic rings. The minimum Gasteiger partial charge on any atom is -0.507 e. The van der Waals surface area contributed by atoms with E-state index in [0.29, 0.717) is 29.4 Å². The molecule has 4 heterocycles. The third kappa shape index (κ3) is 3.11. The summed E-state index contributed by atoms with van der Waals surface area (Å²) in [5.41, 5.74) is 2.19. The molecule has 5 rings (SSSR count). The predicted octanol–water partition coefficient (Wildman–Crippen LogP) is 2.75. The molecule has 0 saturated carbocycles. The summed E-state index contributed by atoms with van der Waals surface area (Å²) in [5, 5.41) is 23.0. The lowest BCUT2D eigenvalue weighted by Gasteiger charge is -2.36. The van der Waals surface area contributed by atoms with Gasteiger partial charge in [0.25, 0.3) is 0 Å². The summed E-state index contributed by atoms with van der Waals surface area (Å²) in [7, 11) is 2.11. The van der Waals surface area contributed by atoms with Crippen LogP contribution in [0.1, 0.15) is 25.7 Å². The molecule has 1 unspecified atom stereocenters. The molecule has 0 aliphatic carbocycles. The number of phenolic OH excluding ortho intramolecular Hbond substituents is 1. The van der Waals surface area contributed by atoms with Crippen molar-refractivity contribution in [2.75, 3.05) is 11.9 Å². The second-order valence-corrected chi connectivity index (χ2v) is 7.82. The average molecular weight is 376 g/mol. The number of rotatable bonds is 4. The number of aromatic nitrogens is 4. The van der Waals surface area contributed by atoms with Crippen LogP contribution in [-0.2, 0) is 0 Å². The van der Waals surface area contributed by atoms with Gasteiger partial charge in [0.15, 0.2) is 5.82 Å². The van der Waals surface area contributed by atoms with E-state index in [1.807, 2.05) is 35.0 Å². The zero-order valence-corrected chi connectivity index (χ0v) is 15.9. The number of nitrogens with zero attached hydrogens (tertiary/aromatic N) is 5. The van der Waals surface area contributed by atoms with Crippen LogP contribution in [0.2, 0.25) is 0 Å². The smallest absolute Gasteiger partial charge is 0.151 e. The fourth-order valence-electron chi connectivity index (χ4n) is 4.50. The third-order valence-corrected chi connectivity index (χ3v) is 6.07. The van der Waals surface area contributed by atoms with Gasteiger partial charge in [-0.05, 0) is 49.9 Å². The van der Waals surface area contributed by atoms with E-state index in [1.54, 1.807) is 18.6 Å². The van der Waals surface area contributed by atoms with Crippen molar-refractivity contribution in [1.82, 2.24) is 25.1 Å². The summed E-state index contributed by atoms with van der Waals surface area (Å²) in [4.78, 5) is 6.29. The summed E-state index contributed by atoms with van der Waals surface area (Å²) in [5.74, 6) is 1.06. The Kier molecular flexibility index (Phi) is 4.24. The Hall–Kier alpha value is -2.93. The van der Waals surface area contributed by atoms with Crippen LogP contribution in [0.15, 0.2) is 49.1 Å². The van der Waals surface area contributed by atoms with Crippen molar-refractivity contribution in [3.05, 3.63) is 49.1 Å². The lowest BCUT2D eigenvalue weighted by molar-refractivity contribution is 0.353. The van der Waals surface area contributed by atoms with Gasteiger partial charge in [0.1, 0.15) is 5.75 Å². The molecule has 144 valence electrons. The van der Waals surface area contributed by atoms with E-state index in [0.717, 1.165) is 24.3 Å². The molecule has 2 bridgehead atoms. The summed E-state index contributed by atoms with van der Waals surface area (Å²) in [6.45, 7) is 0. The maximum Gasteiger partial charge on any atom is 0.151 e. The molecule has 2 aliphatic heterocycles. The van der Waals surface area contributed by atoms with Crippen molar-refractivity contribution in [2.45, 2.75) is 43.8 Å². The van der Waals surface area contributed by atoms with E-state index in [4.69, 9.17) is 0 Å². The van der Waals surface area contributed by atoms with Crippen LogP contribution in [0.3, 0.4) is 0 Å². The molecular formula is C21H24N6O. The van der Waals surface area contributed by atoms with Crippen LogP contribution < -0.4 is 10.2 Å². The van der Waals surface area contributed by atoms with Gasteiger partial charge < -0.3 is 19.9 Å². The first-order valence-electron chi connectivity index (χ1n) is 9.82. The number of anilines is 1. The number of nitrogens with one attached hydrogen (secondary N) is 1. The Balaban J connectivity index is 1.35. The van der Waals surface area contributed by atoms with Crippen molar-refractivity contribution in [3.8, 4) is 22.7 Å². The topological polar surface area (TPSA) is 79.1 Å². The molecule has 0 radical (unpaired) electrons. The molecular weight excluding hydrogens is 352 g/mol. The van der Waals surface area contributed by atoms with E-state index in [2.05, 4.69) is 32.4 Å². The van der Waals surface area contributed by atoms with Crippen LogP contribution in [0.5, 0.6) is 5.75 Å². The molecule has 1 aromatic carbocycles. The summed E-state index contributed by atoms with van der Waals surface area (Å²) >= 11 is 0. The maximum atomic E-state index is 10.5. The van der Waals surface area contributed by atoms with Crippen molar-refractivity contribution in [2.24, 2.45) is 0 Å². The quantitative estimate of drug-likeness (QED) is 0.729. The van der Waals surface area contributed by atoms with Crippen LogP contribution in [-0.4, -0.2) is 50.0 Å². The van der Waals surface area contributed by atoms with Crippen molar-refractivity contribution < 1.29 is 5.11 Å². The van der Waals surface area contributed by atoms with Crippen molar-refractivity contribution >= 4 is 5.82 Å². The van der Waals surface area contributed by atoms with Gasteiger partial charge in [0, 0.05) is 49.2 Å². The highest BCUT2D eigenvalue weighted by Gasteiger charge is 2.35. The number of fused-ring (bicyclic) bond motifs is 2. The van der Waals surface area contributed by atoms with Gasteiger partial charge in [-0.2, -0.15) is 0 Å². The first-order valence-corrected chi connectivity index (χ1v) is 9.82. The largest absolute Gasteiger partial charge is 0.507 e. The van der Waals surface area contributed by atoms with Crippen LogP contribution in [0, 0.1) is 0 Å². The Morgan fingerprint density at radius 2 is 1.93 bits per heavy atom. The first kappa shape index (κ1) is 17.2. The Bertz CT molecular complexity index is 944. The van der Waals surface area contributed by atoms with Gasteiger partial charge in [-0.1, -0.05) is 0 Å². The Morgan fingerprint density at radius 3 is 2.57 bits per heavy atom. The zero-order chi connectivity index (χ0) is 19.1. The minimum absolute atomic E-state index is 0.177. The first-order chi connectivity index (χ1) is 13.7. The molecule has 2 saturated heterocycles. The number of imidazole rings is 1. The van der Waals surface area contributed by atoms with Crippen molar-refractivity contribution in [3.63, 3.8) is 0 Å². The highest BCUT2D eigenvalue weighted by atomic mass is 16.3. The molecule has 2 fully saturated rings. The zero-order valence-electron chi connectivity index (χ0n) is 15.9. The van der Waals surface area contributed by atoms with E-state index in [1.165, 1.54) is 12.8 Å². The fourth-order valence-corrected chi connectivity index (χ4v) is 4.50. The number of phenols is 1. The SMILES string of the molecule is CN(c1ccc(-c2ccc(-n3ccnc3)cc2O)nn1)C1C[C@H]2CC[C@@H](C1)N2. The maximum absolute atomic E-state index is 10.5. The van der Waals surface area contributed by atoms with Crippen LogP contribution in [0.25, 0.3) is 16.9 Å². The van der Waals surface area contributed by atoms with E-state index in [9.17, 15) is 5.11 Å². The Labute approximate surface area is 164 Å². The van der Waals surface area contributed by atoms with Crippen LogP contribution >= 0.6 is 0 Å². The molecule has 0 spiro atoms. The van der Waals surface area contributed by atoms with Gasteiger partial charge in [0.05, 0.1) is 17.7 Å². The standard InChI is InChI=1S/C21H24N6O/c1-26(17-10-14-2-3-15(11-17)23-14)21-7-6-19(24-25-21)18-5-4-16(12-20(18)28)27-9-8-22-13-27/h4-9,12-15,17,23,28H,2-3,10-11H2,1H3/t14-,15+,17?. The molecule has 2 aromatic heterocycles.